The minimum Gasteiger partial charge on any atom is -0.385 e. The number of halogens is 1. The number of hydrogen-bond acceptors (Lipinski definition) is 5. The number of methoxy groups -OCH3 is 1. The number of morpholine rings is 1. The summed E-state index contributed by atoms with van der Waals surface area (Å²) in [5.74, 6) is 0.894. The molecule has 28 heavy (non-hydrogen) atoms. The van der Waals surface area contributed by atoms with Crippen molar-refractivity contribution in [2.24, 2.45) is 4.99 Å². The van der Waals surface area contributed by atoms with E-state index in [1.165, 1.54) is 0 Å². The molecule has 1 rings (SSSR count). The Morgan fingerprint density at radius 1 is 1.21 bits per heavy atom. The highest BCUT2D eigenvalue weighted by molar-refractivity contribution is 14.0. The van der Waals surface area contributed by atoms with Crippen LogP contribution in [0.2, 0.25) is 0 Å². The van der Waals surface area contributed by atoms with Crippen molar-refractivity contribution in [2.45, 2.75) is 58.8 Å². The molecule has 0 amide bonds. The molecule has 1 saturated heterocycles. The third kappa shape index (κ3) is 11.1. The third-order valence-corrected chi connectivity index (χ3v) is 4.92. The second-order valence-electron chi connectivity index (χ2n) is 8.25. The van der Waals surface area contributed by atoms with Gasteiger partial charge in [0.1, 0.15) is 0 Å². The molecule has 2 N–H and O–H groups in total. The minimum atomic E-state index is 0. The summed E-state index contributed by atoms with van der Waals surface area (Å²) in [7, 11) is 3.89. The molecule has 1 heterocycles. The first-order valence-corrected chi connectivity index (χ1v) is 10.4. The molecule has 2 unspecified atom stereocenters. The molecule has 0 aromatic rings. The minimum absolute atomic E-state index is 0. The molecule has 0 aromatic heterocycles. The maximum Gasteiger partial charge on any atom is 0.191 e. The molecule has 2 atom stereocenters. The zero-order valence-electron chi connectivity index (χ0n) is 19.1. The molecule has 0 bridgehead atoms. The van der Waals surface area contributed by atoms with Crippen molar-refractivity contribution in [1.82, 2.24) is 20.4 Å². The van der Waals surface area contributed by atoms with Gasteiger partial charge in [-0.15, -0.1) is 24.0 Å². The Kier molecular flexibility index (Phi) is 14.7. The van der Waals surface area contributed by atoms with Crippen LogP contribution in [0.3, 0.4) is 0 Å². The van der Waals surface area contributed by atoms with E-state index in [4.69, 9.17) is 14.5 Å². The molecule has 0 saturated carbocycles. The highest BCUT2D eigenvalue weighted by atomic mass is 127. The fourth-order valence-corrected chi connectivity index (χ4v) is 3.34. The van der Waals surface area contributed by atoms with Gasteiger partial charge in [0, 0.05) is 58.5 Å². The average Bonchev–Trinajstić information content (AvgIpc) is 2.59. The number of aliphatic imine (C=N–C) groups is 1. The van der Waals surface area contributed by atoms with Crippen LogP contribution in [0.25, 0.3) is 0 Å². The molecule has 1 aliphatic heterocycles. The number of rotatable bonds is 11. The molecule has 1 fully saturated rings. The van der Waals surface area contributed by atoms with Crippen molar-refractivity contribution < 1.29 is 9.47 Å². The maximum absolute atomic E-state index is 5.87. The third-order valence-electron chi connectivity index (χ3n) is 4.92. The summed E-state index contributed by atoms with van der Waals surface area (Å²) in [6, 6.07) is 0. The zero-order valence-corrected chi connectivity index (χ0v) is 21.4. The monoisotopic (exact) mass is 513 g/mol. The number of hydrogen-bond donors (Lipinski definition) is 2. The van der Waals surface area contributed by atoms with Crippen molar-refractivity contribution in [1.29, 1.82) is 0 Å². The molecule has 8 heteroatoms. The van der Waals surface area contributed by atoms with Crippen LogP contribution in [-0.4, -0.2) is 100 Å². The molecule has 0 aliphatic carbocycles. The summed E-state index contributed by atoms with van der Waals surface area (Å²) in [4.78, 5) is 9.67. The average molecular weight is 514 g/mol. The first-order valence-electron chi connectivity index (χ1n) is 10.4. The van der Waals surface area contributed by atoms with Crippen molar-refractivity contribution in [3.05, 3.63) is 0 Å². The van der Waals surface area contributed by atoms with Crippen LogP contribution in [0, 0.1) is 0 Å². The lowest BCUT2D eigenvalue weighted by Gasteiger charge is -2.44. The van der Waals surface area contributed by atoms with Crippen LogP contribution in [0.4, 0.5) is 0 Å². The Morgan fingerprint density at radius 3 is 2.43 bits per heavy atom. The second-order valence-corrected chi connectivity index (χ2v) is 8.25. The van der Waals surface area contributed by atoms with E-state index >= 15 is 0 Å². The molecule has 1 aliphatic rings. The Balaban J connectivity index is 0.00000729. The van der Waals surface area contributed by atoms with Gasteiger partial charge in [0.05, 0.1) is 18.8 Å². The molecule has 0 radical (unpaired) electrons. The van der Waals surface area contributed by atoms with Gasteiger partial charge in [-0.25, -0.2) is 0 Å². The van der Waals surface area contributed by atoms with E-state index in [1.807, 2.05) is 0 Å². The highest BCUT2D eigenvalue weighted by Crippen LogP contribution is 2.21. The summed E-state index contributed by atoms with van der Waals surface area (Å²) in [5.41, 5.74) is 0.00555. The number of nitrogens with zero attached hydrogens (tertiary/aromatic N) is 3. The van der Waals surface area contributed by atoms with Gasteiger partial charge in [0.15, 0.2) is 5.96 Å². The molecule has 7 nitrogen and oxygen atoms in total. The largest absolute Gasteiger partial charge is 0.385 e. The topological polar surface area (TPSA) is 61.4 Å². The first-order chi connectivity index (χ1) is 12.8. The first kappa shape index (κ1) is 27.8. The molecular formula is C20H44IN5O2. The van der Waals surface area contributed by atoms with Gasteiger partial charge in [-0.3, -0.25) is 9.89 Å². The van der Waals surface area contributed by atoms with Gasteiger partial charge in [-0.1, -0.05) is 0 Å². The van der Waals surface area contributed by atoms with Crippen molar-refractivity contribution in [3.8, 4) is 0 Å². The van der Waals surface area contributed by atoms with E-state index in [0.29, 0.717) is 0 Å². The lowest BCUT2D eigenvalue weighted by molar-refractivity contribution is -0.0939. The zero-order chi connectivity index (χ0) is 20.3. The van der Waals surface area contributed by atoms with Gasteiger partial charge in [0.25, 0.3) is 0 Å². The summed E-state index contributed by atoms with van der Waals surface area (Å²) >= 11 is 0. The van der Waals surface area contributed by atoms with Crippen LogP contribution in [0.1, 0.15) is 41.0 Å². The van der Waals surface area contributed by atoms with Crippen LogP contribution in [-0.2, 0) is 9.47 Å². The van der Waals surface area contributed by atoms with E-state index in [-0.39, 0.29) is 41.7 Å². The lowest BCUT2D eigenvalue weighted by atomic mass is 10.0. The van der Waals surface area contributed by atoms with E-state index in [0.717, 1.165) is 64.8 Å². The molecular weight excluding hydrogens is 469 g/mol. The van der Waals surface area contributed by atoms with Crippen molar-refractivity contribution in [3.63, 3.8) is 0 Å². The Morgan fingerprint density at radius 2 is 1.86 bits per heavy atom. The molecule has 0 aromatic carbocycles. The lowest BCUT2D eigenvalue weighted by Crippen LogP contribution is -2.56. The van der Waals surface area contributed by atoms with Gasteiger partial charge in [0.2, 0.25) is 0 Å². The Bertz CT molecular complexity index is 427. The summed E-state index contributed by atoms with van der Waals surface area (Å²) in [6.07, 6.45) is 1.61. The van der Waals surface area contributed by atoms with Gasteiger partial charge in [-0.2, -0.15) is 0 Å². The SMILES string of the molecule is CCNC(=NCC(C)(C)N1CC(C)OC(C)C1)NCCN(C)CCCOC.I. The van der Waals surface area contributed by atoms with Crippen LogP contribution in [0.5, 0.6) is 0 Å². The number of guanidine groups is 1. The van der Waals surface area contributed by atoms with E-state index in [9.17, 15) is 0 Å². The summed E-state index contributed by atoms with van der Waals surface area (Å²) in [6.45, 7) is 18.2. The highest BCUT2D eigenvalue weighted by Gasteiger charge is 2.33. The van der Waals surface area contributed by atoms with Gasteiger partial charge < -0.3 is 25.0 Å². The molecule has 168 valence electrons. The van der Waals surface area contributed by atoms with E-state index in [2.05, 4.69) is 62.1 Å². The van der Waals surface area contributed by atoms with Crippen LogP contribution in [0.15, 0.2) is 4.99 Å². The fraction of sp³-hybridized carbons (Fsp3) is 0.950. The number of ether oxygens (including phenoxy) is 2. The summed E-state index contributed by atoms with van der Waals surface area (Å²) < 4.78 is 11.0. The van der Waals surface area contributed by atoms with Crippen molar-refractivity contribution in [2.75, 3.05) is 66.6 Å². The van der Waals surface area contributed by atoms with Crippen molar-refractivity contribution >= 4 is 29.9 Å². The summed E-state index contributed by atoms with van der Waals surface area (Å²) in [5, 5.41) is 6.82. The van der Waals surface area contributed by atoms with Gasteiger partial charge >= 0.3 is 0 Å². The smallest absolute Gasteiger partial charge is 0.191 e. The Hall–Kier alpha value is -0.160. The van der Waals surface area contributed by atoms with Crippen LogP contribution < -0.4 is 10.6 Å². The quantitative estimate of drug-likeness (QED) is 0.191. The van der Waals surface area contributed by atoms with E-state index < -0.39 is 0 Å². The number of likely N-dealkylation sites (N-methyl/N-ethyl adjacent to an activating group) is 1. The van der Waals surface area contributed by atoms with E-state index in [1.54, 1.807) is 7.11 Å². The predicted octanol–water partition coefficient (Wildman–Crippen LogP) is 2.02. The second kappa shape index (κ2) is 14.8. The standard InChI is InChI=1S/C20H43N5O2.HI/c1-8-21-19(22-10-12-24(6)11-9-13-26-7)23-16-20(4,5)25-14-17(2)27-18(3)15-25;/h17-18H,8-16H2,1-7H3,(H2,21,22,23);1H. The molecule has 0 spiro atoms. The fourth-order valence-electron chi connectivity index (χ4n) is 3.34. The van der Waals surface area contributed by atoms with Gasteiger partial charge in [-0.05, 0) is 48.1 Å². The van der Waals surface area contributed by atoms with Crippen LogP contribution >= 0.6 is 24.0 Å². The Labute approximate surface area is 190 Å². The normalized spacial score (nSPS) is 21.5. The number of nitrogens with one attached hydrogen (secondary N) is 2. The predicted molar refractivity (Wildman–Crippen MR) is 129 cm³/mol. The maximum atomic E-state index is 5.87.